The Hall–Kier alpha value is -2.77. The maximum atomic E-state index is 13.2. The van der Waals surface area contributed by atoms with Crippen LogP contribution in [0.2, 0.25) is 0 Å². The lowest BCUT2D eigenvalue weighted by Gasteiger charge is -2.36. The molecule has 0 aliphatic carbocycles. The van der Waals surface area contributed by atoms with Gasteiger partial charge >= 0.3 is 0 Å². The number of aromatic nitrogens is 3. The molecule has 0 radical (unpaired) electrons. The summed E-state index contributed by atoms with van der Waals surface area (Å²) in [7, 11) is 0. The lowest BCUT2D eigenvalue weighted by molar-refractivity contribution is 0.0631. The third-order valence-corrected chi connectivity index (χ3v) is 4.65. The Morgan fingerprint density at radius 2 is 2.11 bits per heavy atom. The highest BCUT2D eigenvalue weighted by atomic mass is 35.5. The Balaban J connectivity index is 0.00000210. The molecule has 27 heavy (non-hydrogen) atoms. The van der Waals surface area contributed by atoms with E-state index < -0.39 is 0 Å². The normalized spacial score (nSPS) is 16.8. The Morgan fingerprint density at radius 3 is 2.89 bits per heavy atom. The Kier molecular flexibility index (Phi) is 5.53. The zero-order valence-corrected chi connectivity index (χ0v) is 15.6. The van der Waals surface area contributed by atoms with Crippen molar-refractivity contribution >= 4 is 24.0 Å². The van der Waals surface area contributed by atoms with Gasteiger partial charge in [-0.3, -0.25) is 19.0 Å². The fraction of sp³-hybridized carbons (Fsp3) is 0.263. The summed E-state index contributed by atoms with van der Waals surface area (Å²) in [5.74, 6) is -0.297. The first-order chi connectivity index (χ1) is 12.6. The average Bonchev–Trinajstić information content (AvgIpc) is 2.69. The largest absolute Gasteiger partial charge is 0.329 e. The van der Waals surface area contributed by atoms with Crippen molar-refractivity contribution in [2.75, 3.05) is 19.6 Å². The van der Waals surface area contributed by atoms with Crippen molar-refractivity contribution in [3.05, 3.63) is 76.1 Å². The smallest absolute Gasteiger partial charge is 0.270 e. The van der Waals surface area contributed by atoms with Crippen LogP contribution in [0.1, 0.15) is 27.5 Å². The molecular formula is C19H20ClN5O2. The van der Waals surface area contributed by atoms with Crippen LogP contribution in [0.25, 0.3) is 5.65 Å². The van der Waals surface area contributed by atoms with E-state index in [4.69, 9.17) is 0 Å². The number of halogens is 1. The van der Waals surface area contributed by atoms with Crippen molar-refractivity contribution in [3.8, 4) is 0 Å². The number of amides is 1. The number of hydrogen-bond donors (Lipinski definition) is 1. The van der Waals surface area contributed by atoms with Gasteiger partial charge in [-0.1, -0.05) is 12.1 Å². The molecule has 0 bridgehead atoms. The van der Waals surface area contributed by atoms with Crippen LogP contribution in [0.3, 0.4) is 0 Å². The van der Waals surface area contributed by atoms with Crippen molar-refractivity contribution in [2.24, 2.45) is 0 Å². The summed E-state index contributed by atoms with van der Waals surface area (Å²) >= 11 is 0. The molecule has 3 aromatic rings. The van der Waals surface area contributed by atoms with Gasteiger partial charge in [0.25, 0.3) is 11.5 Å². The second-order valence-electron chi connectivity index (χ2n) is 6.42. The van der Waals surface area contributed by atoms with Crippen LogP contribution in [0.15, 0.2) is 53.8 Å². The molecule has 0 saturated carbocycles. The van der Waals surface area contributed by atoms with Crippen molar-refractivity contribution < 1.29 is 4.79 Å². The molecule has 1 fully saturated rings. The van der Waals surface area contributed by atoms with Crippen molar-refractivity contribution in [1.29, 1.82) is 0 Å². The monoisotopic (exact) mass is 385 g/mol. The fourth-order valence-electron chi connectivity index (χ4n) is 3.30. The predicted octanol–water partition coefficient (Wildman–Crippen LogP) is 1.61. The number of piperazine rings is 1. The van der Waals surface area contributed by atoms with Crippen LogP contribution in [0.5, 0.6) is 0 Å². The van der Waals surface area contributed by atoms with Gasteiger partial charge in [-0.25, -0.2) is 4.98 Å². The maximum Gasteiger partial charge on any atom is 0.270 e. The number of nitrogens with zero attached hydrogens (tertiary/aromatic N) is 4. The standard InChI is InChI=1S/C19H19N5O2.ClH/c1-13-4-5-17-22-10-15(19(26)24(17)12-13)18(25)23-8-7-21-11-16(23)14-3-2-6-20-9-14;/h2-6,9-10,12,16,21H,7-8,11H2,1H3;1H. The number of aryl methyl sites for hydroxylation is 1. The summed E-state index contributed by atoms with van der Waals surface area (Å²) in [6.45, 7) is 3.73. The molecule has 1 aliphatic heterocycles. The molecule has 4 heterocycles. The van der Waals surface area contributed by atoms with Crippen molar-refractivity contribution in [2.45, 2.75) is 13.0 Å². The minimum absolute atomic E-state index is 0. The summed E-state index contributed by atoms with van der Waals surface area (Å²) in [6.07, 6.45) is 6.55. The van der Waals surface area contributed by atoms with Gasteiger partial charge in [0.15, 0.2) is 0 Å². The second-order valence-corrected chi connectivity index (χ2v) is 6.42. The maximum absolute atomic E-state index is 13.2. The molecule has 3 aromatic heterocycles. The molecule has 8 heteroatoms. The first kappa shape index (κ1) is 19.0. The Labute approximate surface area is 162 Å². The van der Waals surface area contributed by atoms with E-state index in [0.717, 1.165) is 11.1 Å². The highest BCUT2D eigenvalue weighted by Crippen LogP contribution is 2.22. The van der Waals surface area contributed by atoms with Gasteiger partial charge in [-0.2, -0.15) is 0 Å². The van der Waals surface area contributed by atoms with Crippen LogP contribution in [-0.2, 0) is 0 Å². The number of carbonyl (C=O) groups is 1. The third-order valence-electron chi connectivity index (χ3n) is 4.65. The highest BCUT2D eigenvalue weighted by molar-refractivity contribution is 5.94. The summed E-state index contributed by atoms with van der Waals surface area (Å²) in [5.41, 5.74) is 2.15. The third kappa shape index (κ3) is 3.56. The Bertz CT molecular complexity index is 1020. The molecular weight excluding hydrogens is 366 g/mol. The zero-order valence-electron chi connectivity index (χ0n) is 14.8. The van der Waals surface area contributed by atoms with E-state index in [1.54, 1.807) is 29.6 Å². The van der Waals surface area contributed by atoms with E-state index in [0.29, 0.717) is 25.3 Å². The van der Waals surface area contributed by atoms with Gasteiger partial charge in [0.05, 0.1) is 6.04 Å². The molecule has 0 aromatic carbocycles. The zero-order chi connectivity index (χ0) is 18.1. The van der Waals surface area contributed by atoms with Gasteiger partial charge in [-0.15, -0.1) is 12.4 Å². The first-order valence-electron chi connectivity index (χ1n) is 8.55. The quantitative estimate of drug-likeness (QED) is 0.725. The SMILES string of the molecule is Cc1ccc2ncc(C(=O)N3CCNCC3c3cccnc3)c(=O)n2c1.Cl. The number of hydrogen-bond acceptors (Lipinski definition) is 5. The lowest BCUT2D eigenvalue weighted by Crippen LogP contribution is -2.49. The highest BCUT2D eigenvalue weighted by Gasteiger charge is 2.30. The number of pyridine rings is 2. The van der Waals surface area contributed by atoms with Gasteiger partial charge < -0.3 is 10.2 Å². The molecule has 0 spiro atoms. The van der Waals surface area contributed by atoms with Crippen molar-refractivity contribution in [1.82, 2.24) is 24.6 Å². The summed E-state index contributed by atoms with van der Waals surface area (Å²) in [5, 5.41) is 3.30. The lowest BCUT2D eigenvalue weighted by atomic mass is 10.0. The predicted molar refractivity (Wildman–Crippen MR) is 104 cm³/mol. The van der Waals surface area contributed by atoms with Crippen LogP contribution in [-0.4, -0.2) is 44.8 Å². The average molecular weight is 386 g/mol. The minimum Gasteiger partial charge on any atom is -0.329 e. The van der Waals surface area contributed by atoms with E-state index in [9.17, 15) is 9.59 Å². The summed E-state index contributed by atoms with van der Waals surface area (Å²) in [4.78, 5) is 36.2. The van der Waals surface area contributed by atoms with Crippen LogP contribution >= 0.6 is 12.4 Å². The molecule has 4 rings (SSSR count). The summed E-state index contributed by atoms with van der Waals surface area (Å²) < 4.78 is 1.43. The van der Waals surface area contributed by atoms with Crippen molar-refractivity contribution in [3.63, 3.8) is 0 Å². The summed E-state index contributed by atoms with van der Waals surface area (Å²) in [6, 6.07) is 7.29. The molecule has 7 nitrogen and oxygen atoms in total. The number of rotatable bonds is 2. The van der Waals surface area contributed by atoms with E-state index in [2.05, 4.69) is 15.3 Å². The van der Waals surface area contributed by atoms with E-state index in [1.807, 2.05) is 25.1 Å². The minimum atomic E-state index is -0.341. The number of fused-ring (bicyclic) bond motifs is 1. The molecule has 1 aliphatic rings. The van der Waals surface area contributed by atoms with Crippen LogP contribution in [0, 0.1) is 6.92 Å². The first-order valence-corrected chi connectivity index (χ1v) is 8.55. The van der Waals surface area contributed by atoms with E-state index in [1.165, 1.54) is 10.6 Å². The topological polar surface area (TPSA) is 79.6 Å². The molecule has 1 amide bonds. The van der Waals surface area contributed by atoms with E-state index in [-0.39, 0.29) is 35.5 Å². The fourth-order valence-corrected chi connectivity index (χ4v) is 3.30. The van der Waals surface area contributed by atoms with Gasteiger partial charge in [-0.05, 0) is 30.2 Å². The molecule has 1 atom stereocenters. The number of carbonyl (C=O) groups excluding carboxylic acids is 1. The molecule has 140 valence electrons. The van der Waals surface area contributed by atoms with Crippen LogP contribution in [0.4, 0.5) is 0 Å². The second kappa shape index (κ2) is 7.85. The van der Waals surface area contributed by atoms with Gasteiger partial charge in [0.2, 0.25) is 0 Å². The van der Waals surface area contributed by atoms with Gasteiger partial charge in [0.1, 0.15) is 11.2 Å². The van der Waals surface area contributed by atoms with Gasteiger partial charge in [0, 0.05) is 44.4 Å². The number of nitrogens with one attached hydrogen (secondary N) is 1. The Morgan fingerprint density at radius 1 is 1.26 bits per heavy atom. The molecule has 1 N–H and O–H groups in total. The molecule has 1 unspecified atom stereocenters. The van der Waals surface area contributed by atoms with E-state index >= 15 is 0 Å². The van der Waals surface area contributed by atoms with Crippen LogP contribution < -0.4 is 10.9 Å². The molecule has 1 saturated heterocycles.